The molecule has 0 aromatic heterocycles. The molecule has 0 aromatic carbocycles. The predicted molar refractivity (Wildman–Crippen MR) is 123 cm³/mol. The molecule has 172 valence electrons. The molecule has 5 nitrogen and oxygen atoms in total. The Morgan fingerprint density at radius 1 is 0.679 bits per heavy atom. The molecule has 1 unspecified atom stereocenters. The molecule has 0 spiro atoms. The molecule has 0 radical (unpaired) electrons. The van der Waals surface area contributed by atoms with E-state index < -0.39 is 15.4 Å². The summed E-state index contributed by atoms with van der Waals surface area (Å²) in [6.45, 7) is 4.54. The molecule has 0 bridgehead atoms. The lowest BCUT2D eigenvalue weighted by Crippen LogP contribution is -2.21. The summed E-state index contributed by atoms with van der Waals surface area (Å²) in [7, 11) is -3.98. The van der Waals surface area contributed by atoms with Crippen LogP contribution in [-0.2, 0) is 10.1 Å². The van der Waals surface area contributed by atoms with Crippen molar-refractivity contribution in [2.24, 2.45) is 0 Å². The second-order valence-corrected chi connectivity index (χ2v) is 10.2. The zero-order valence-electron chi connectivity index (χ0n) is 18.3. The highest BCUT2D eigenvalue weighted by Gasteiger charge is 2.21. The minimum Gasteiger partial charge on any atom is -0.396 e. The van der Waals surface area contributed by atoms with Gasteiger partial charge in [0.25, 0.3) is 10.1 Å². The van der Waals surface area contributed by atoms with Gasteiger partial charge in [0.15, 0.2) is 0 Å². The molecule has 0 aromatic rings. The summed E-state index contributed by atoms with van der Waals surface area (Å²) in [5.74, 6) is 2.14. The van der Waals surface area contributed by atoms with Gasteiger partial charge in [0.05, 0.1) is 11.9 Å². The first-order valence-corrected chi connectivity index (χ1v) is 13.9. The van der Waals surface area contributed by atoms with Crippen molar-refractivity contribution in [1.82, 2.24) is 0 Å². The van der Waals surface area contributed by atoms with Gasteiger partial charge in [-0.1, -0.05) is 84.5 Å². The van der Waals surface area contributed by atoms with Crippen molar-refractivity contribution in [3.8, 4) is 0 Å². The average molecular weight is 443 g/mol. The van der Waals surface area contributed by atoms with E-state index >= 15 is 0 Å². The first kappa shape index (κ1) is 30.4. The summed E-state index contributed by atoms with van der Waals surface area (Å²) < 4.78 is 30.8. The van der Waals surface area contributed by atoms with E-state index in [-0.39, 0.29) is 13.0 Å². The highest BCUT2D eigenvalue weighted by atomic mass is 32.2. The number of aliphatic hydroxyl groups excluding tert-OH is 2. The maximum atomic E-state index is 10.9. The van der Waals surface area contributed by atoms with Gasteiger partial charge < -0.3 is 10.2 Å². The van der Waals surface area contributed by atoms with Crippen LogP contribution in [0.2, 0.25) is 0 Å². The molecule has 0 fully saturated rings. The normalized spacial score (nSPS) is 12.5. The zero-order chi connectivity index (χ0) is 21.5. The fourth-order valence-corrected chi connectivity index (χ4v) is 4.50. The lowest BCUT2D eigenvalue weighted by atomic mass is 10.1. The quantitative estimate of drug-likeness (QED) is 0.182. The number of unbranched alkanes of at least 4 members (excludes halogenated alkanes) is 10. The molecular formula is C21H46O5S2. The Balaban J connectivity index is 0. The van der Waals surface area contributed by atoms with Crippen LogP contribution in [0.5, 0.6) is 0 Å². The number of thioether (sulfide) groups is 1. The fraction of sp³-hybridized carbons (Fsp3) is 1.00. The molecule has 0 aliphatic heterocycles. The van der Waals surface area contributed by atoms with E-state index in [0.717, 1.165) is 25.0 Å². The summed E-state index contributed by atoms with van der Waals surface area (Å²) in [4.78, 5) is 0. The van der Waals surface area contributed by atoms with Crippen LogP contribution in [0, 0.1) is 0 Å². The van der Waals surface area contributed by atoms with Gasteiger partial charge in [-0.25, -0.2) is 0 Å². The molecule has 3 N–H and O–H groups in total. The van der Waals surface area contributed by atoms with Crippen LogP contribution in [0.1, 0.15) is 104 Å². The van der Waals surface area contributed by atoms with Crippen molar-refractivity contribution in [3.63, 3.8) is 0 Å². The summed E-state index contributed by atoms with van der Waals surface area (Å²) in [6, 6.07) is 0. The molecule has 7 heteroatoms. The Morgan fingerprint density at radius 2 is 1.18 bits per heavy atom. The molecule has 0 heterocycles. The van der Waals surface area contributed by atoms with Crippen molar-refractivity contribution in [2.75, 3.05) is 24.7 Å². The van der Waals surface area contributed by atoms with Crippen LogP contribution in [-0.4, -0.2) is 53.2 Å². The van der Waals surface area contributed by atoms with Crippen LogP contribution in [0.15, 0.2) is 0 Å². The van der Waals surface area contributed by atoms with Gasteiger partial charge >= 0.3 is 0 Å². The SMILES string of the molecule is CCCCCCCCC(CCO)S(=O)(=O)O.CCCCCCCCSCCO. The fourth-order valence-electron chi connectivity index (χ4n) is 2.89. The summed E-state index contributed by atoms with van der Waals surface area (Å²) in [5.41, 5.74) is 0. The molecule has 1 atom stereocenters. The number of aliphatic hydroxyl groups is 2. The lowest BCUT2D eigenvalue weighted by molar-refractivity contribution is 0.279. The van der Waals surface area contributed by atoms with E-state index in [0.29, 0.717) is 13.0 Å². The standard InChI is InChI=1S/C11H24O4S.C10H22OS/c1-2-3-4-5-6-7-8-11(9-10-12)16(13,14)15;1-2-3-4-5-6-7-9-12-10-8-11/h11-12H,2-10H2,1H3,(H,13,14,15);11H,2-10H2,1H3. The number of rotatable bonds is 19. The number of hydrogen-bond donors (Lipinski definition) is 3. The molecular weight excluding hydrogens is 396 g/mol. The molecule has 0 aliphatic rings. The average Bonchev–Trinajstić information content (AvgIpc) is 2.65. The first-order chi connectivity index (χ1) is 13.4. The molecule has 0 saturated carbocycles. The van der Waals surface area contributed by atoms with Gasteiger partial charge in [-0.05, 0) is 25.0 Å². The van der Waals surface area contributed by atoms with Gasteiger partial charge in [0.1, 0.15) is 0 Å². The van der Waals surface area contributed by atoms with Crippen molar-refractivity contribution in [1.29, 1.82) is 0 Å². The second kappa shape index (κ2) is 23.5. The largest absolute Gasteiger partial charge is 0.396 e. The number of hydrogen-bond acceptors (Lipinski definition) is 5. The third kappa shape index (κ3) is 24.2. The minimum absolute atomic E-state index is 0.133. The van der Waals surface area contributed by atoms with E-state index in [1.165, 1.54) is 63.5 Å². The van der Waals surface area contributed by atoms with Crippen molar-refractivity contribution >= 4 is 21.9 Å². The third-order valence-corrected chi connectivity index (χ3v) is 6.99. The van der Waals surface area contributed by atoms with Crippen molar-refractivity contribution < 1.29 is 23.2 Å². The first-order valence-electron chi connectivity index (χ1n) is 11.2. The monoisotopic (exact) mass is 442 g/mol. The second-order valence-electron chi connectivity index (χ2n) is 7.31. The molecule has 0 aliphatic carbocycles. The Kier molecular flexibility index (Phi) is 25.4. The third-order valence-electron chi connectivity index (χ3n) is 4.63. The van der Waals surface area contributed by atoms with E-state index in [1.807, 2.05) is 11.8 Å². The maximum absolute atomic E-state index is 10.9. The zero-order valence-corrected chi connectivity index (χ0v) is 19.9. The van der Waals surface area contributed by atoms with Crippen LogP contribution in [0.4, 0.5) is 0 Å². The Hall–Kier alpha value is 0.180. The maximum Gasteiger partial charge on any atom is 0.267 e. The van der Waals surface area contributed by atoms with Crippen LogP contribution >= 0.6 is 11.8 Å². The highest BCUT2D eigenvalue weighted by Crippen LogP contribution is 2.15. The summed E-state index contributed by atoms with van der Waals surface area (Å²) >= 11 is 1.87. The summed E-state index contributed by atoms with van der Waals surface area (Å²) in [5, 5.41) is 16.4. The Morgan fingerprint density at radius 3 is 1.64 bits per heavy atom. The van der Waals surface area contributed by atoms with Crippen LogP contribution in [0.3, 0.4) is 0 Å². The van der Waals surface area contributed by atoms with Gasteiger partial charge in [0.2, 0.25) is 0 Å². The molecule has 0 amide bonds. The van der Waals surface area contributed by atoms with Gasteiger partial charge in [-0.2, -0.15) is 20.2 Å². The summed E-state index contributed by atoms with van der Waals surface area (Å²) in [6.07, 6.45) is 15.3. The van der Waals surface area contributed by atoms with E-state index in [2.05, 4.69) is 13.8 Å². The highest BCUT2D eigenvalue weighted by molar-refractivity contribution is 7.99. The molecule has 0 rings (SSSR count). The minimum atomic E-state index is -3.98. The molecule has 28 heavy (non-hydrogen) atoms. The predicted octanol–water partition coefficient (Wildman–Crippen LogP) is 5.45. The topological polar surface area (TPSA) is 94.8 Å². The van der Waals surface area contributed by atoms with Crippen molar-refractivity contribution in [2.45, 2.75) is 109 Å². The molecule has 0 saturated heterocycles. The smallest absolute Gasteiger partial charge is 0.267 e. The Labute approximate surface area is 178 Å². The van der Waals surface area contributed by atoms with Crippen LogP contribution < -0.4 is 0 Å². The van der Waals surface area contributed by atoms with Gasteiger partial charge in [0, 0.05) is 12.4 Å². The van der Waals surface area contributed by atoms with Gasteiger partial charge in [-0.15, -0.1) is 0 Å². The van der Waals surface area contributed by atoms with Crippen LogP contribution in [0.25, 0.3) is 0 Å². The Bertz CT molecular complexity index is 378. The van der Waals surface area contributed by atoms with E-state index in [4.69, 9.17) is 14.8 Å². The van der Waals surface area contributed by atoms with E-state index in [9.17, 15) is 8.42 Å². The van der Waals surface area contributed by atoms with Crippen molar-refractivity contribution in [3.05, 3.63) is 0 Å². The lowest BCUT2D eigenvalue weighted by Gasteiger charge is -2.11. The van der Waals surface area contributed by atoms with E-state index in [1.54, 1.807) is 0 Å². The van der Waals surface area contributed by atoms with Gasteiger partial charge in [-0.3, -0.25) is 4.55 Å².